The summed E-state index contributed by atoms with van der Waals surface area (Å²) in [6, 6.07) is 26.1. The van der Waals surface area contributed by atoms with E-state index in [4.69, 9.17) is 21.3 Å². The highest BCUT2D eigenvalue weighted by molar-refractivity contribution is 6.34. The second kappa shape index (κ2) is 13.5. The van der Waals surface area contributed by atoms with E-state index in [-0.39, 0.29) is 23.4 Å². The monoisotopic (exact) mass is 582 g/mol. The van der Waals surface area contributed by atoms with Crippen LogP contribution in [0, 0.1) is 18.3 Å². The van der Waals surface area contributed by atoms with Crippen molar-refractivity contribution in [1.29, 1.82) is 5.26 Å². The number of nitrogens with zero attached hydrogens (tertiary/aromatic N) is 1. The van der Waals surface area contributed by atoms with Crippen LogP contribution in [0.2, 0.25) is 5.02 Å². The van der Waals surface area contributed by atoms with Crippen molar-refractivity contribution >= 4 is 23.4 Å². The number of halogens is 1. The van der Waals surface area contributed by atoms with Gasteiger partial charge in [-0.25, -0.2) is 0 Å². The van der Waals surface area contributed by atoms with Crippen molar-refractivity contribution in [2.75, 3.05) is 7.05 Å². The summed E-state index contributed by atoms with van der Waals surface area (Å²) >= 11 is 6.45. The van der Waals surface area contributed by atoms with E-state index in [1.165, 1.54) is 11.1 Å². The number of furan rings is 1. The minimum atomic E-state index is -0.483. The summed E-state index contributed by atoms with van der Waals surface area (Å²) in [4.78, 5) is 25.6. The van der Waals surface area contributed by atoms with Gasteiger partial charge in [-0.3, -0.25) is 9.59 Å². The summed E-state index contributed by atoms with van der Waals surface area (Å²) in [5.74, 6) is 0.790. The lowest BCUT2D eigenvalue weighted by atomic mass is 9.93. The molecular weight excluding hydrogens is 548 g/mol. The molecule has 0 spiro atoms. The first-order chi connectivity index (χ1) is 20.1. The molecule has 0 aliphatic heterocycles. The maximum atomic E-state index is 13.4. The van der Waals surface area contributed by atoms with Crippen LogP contribution >= 0.6 is 11.6 Å². The van der Waals surface area contributed by atoms with Gasteiger partial charge in [-0.1, -0.05) is 53.6 Å². The van der Waals surface area contributed by atoms with Crippen LogP contribution in [0.15, 0.2) is 83.3 Å². The van der Waals surface area contributed by atoms with Crippen LogP contribution in [0.1, 0.15) is 58.6 Å². The van der Waals surface area contributed by atoms with Crippen LogP contribution in [-0.2, 0) is 23.3 Å². The quantitative estimate of drug-likeness (QED) is 0.193. The lowest BCUT2D eigenvalue weighted by Crippen LogP contribution is -2.40. The molecule has 4 aromatic rings. The minimum absolute atomic E-state index is 0.0903. The molecule has 1 aromatic heterocycles. The van der Waals surface area contributed by atoms with Crippen LogP contribution in [-0.4, -0.2) is 24.9 Å². The molecule has 42 heavy (non-hydrogen) atoms. The van der Waals surface area contributed by atoms with Gasteiger partial charge in [-0.15, -0.1) is 0 Å². The van der Waals surface area contributed by atoms with Crippen molar-refractivity contribution in [2.45, 2.75) is 51.7 Å². The van der Waals surface area contributed by atoms with Gasteiger partial charge in [0.05, 0.1) is 28.8 Å². The summed E-state index contributed by atoms with van der Waals surface area (Å²) in [6.45, 7) is 6.86. The van der Waals surface area contributed by atoms with Crippen molar-refractivity contribution in [3.05, 3.63) is 117 Å². The van der Waals surface area contributed by atoms with E-state index >= 15 is 0 Å². The van der Waals surface area contributed by atoms with Crippen LogP contribution < -0.4 is 16.0 Å². The second-order valence-corrected chi connectivity index (χ2v) is 11.3. The van der Waals surface area contributed by atoms with Gasteiger partial charge in [0.1, 0.15) is 11.5 Å². The predicted molar refractivity (Wildman–Crippen MR) is 165 cm³/mol. The van der Waals surface area contributed by atoms with Gasteiger partial charge >= 0.3 is 0 Å². The standard InChI is InChI=1S/C34H35ClN4O3/c1-22-5-12-26(13-6-22)34(2,3)38-21-28-14-16-31(42-28)25-11-15-30(35)29(18-25)33(41)39-27(19-32(40)37-4)17-23-7-9-24(20-36)10-8-23/h5-16,18,27,38H,17,19,21H2,1-4H3,(H,37,40)(H,39,41). The van der Waals surface area contributed by atoms with E-state index in [0.29, 0.717) is 34.9 Å². The number of hydrogen-bond acceptors (Lipinski definition) is 5. The molecule has 0 bridgehead atoms. The molecule has 3 aromatic carbocycles. The molecule has 0 saturated heterocycles. The average Bonchev–Trinajstić information content (AvgIpc) is 3.46. The molecule has 4 rings (SSSR count). The number of nitriles is 1. The maximum absolute atomic E-state index is 13.4. The van der Waals surface area contributed by atoms with E-state index in [2.05, 4.69) is 67.1 Å². The van der Waals surface area contributed by atoms with Gasteiger partial charge in [-0.2, -0.15) is 5.26 Å². The molecule has 3 N–H and O–H groups in total. The first kappa shape index (κ1) is 30.6. The maximum Gasteiger partial charge on any atom is 0.253 e. The van der Waals surface area contributed by atoms with E-state index in [1.54, 1.807) is 31.3 Å². The third kappa shape index (κ3) is 7.88. The molecule has 0 aliphatic rings. The van der Waals surface area contributed by atoms with E-state index < -0.39 is 11.9 Å². The van der Waals surface area contributed by atoms with Crippen molar-refractivity contribution < 1.29 is 14.0 Å². The first-order valence-electron chi connectivity index (χ1n) is 13.8. The fraction of sp³-hybridized carbons (Fsp3) is 0.265. The lowest BCUT2D eigenvalue weighted by Gasteiger charge is -2.26. The fourth-order valence-electron chi connectivity index (χ4n) is 4.62. The van der Waals surface area contributed by atoms with E-state index in [0.717, 1.165) is 11.3 Å². The molecule has 7 nitrogen and oxygen atoms in total. The Hall–Kier alpha value is -4.38. The van der Waals surface area contributed by atoms with Crippen LogP contribution in [0.3, 0.4) is 0 Å². The third-order valence-corrected chi connectivity index (χ3v) is 7.58. The number of nitrogens with one attached hydrogen (secondary N) is 3. The molecule has 8 heteroatoms. The normalized spacial score (nSPS) is 11.9. The molecule has 0 radical (unpaired) electrons. The summed E-state index contributed by atoms with van der Waals surface area (Å²) < 4.78 is 6.13. The fourth-order valence-corrected chi connectivity index (χ4v) is 4.83. The van der Waals surface area contributed by atoms with E-state index in [9.17, 15) is 9.59 Å². The average molecular weight is 583 g/mol. The SMILES string of the molecule is CNC(=O)CC(Cc1ccc(C#N)cc1)NC(=O)c1cc(-c2ccc(CNC(C)(C)c3ccc(C)cc3)o2)ccc1Cl. The zero-order valence-electron chi connectivity index (χ0n) is 24.3. The zero-order chi connectivity index (χ0) is 30.3. The Kier molecular flexibility index (Phi) is 9.84. The molecule has 1 heterocycles. The molecular formula is C34H35ClN4O3. The second-order valence-electron chi connectivity index (χ2n) is 10.9. The Balaban J connectivity index is 1.47. The number of carbonyl (C=O) groups excluding carboxylic acids is 2. The number of amides is 2. The zero-order valence-corrected chi connectivity index (χ0v) is 25.0. The molecule has 0 fully saturated rings. The number of hydrogen-bond donors (Lipinski definition) is 3. The van der Waals surface area contributed by atoms with Crippen LogP contribution in [0.5, 0.6) is 0 Å². The molecule has 2 amide bonds. The number of aryl methyl sites for hydroxylation is 1. The Morgan fingerprint density at radius 3 is 2.38 bits per heavy atom. The summed E-state index contributed by atoms with van der Waals surface area (Å²) in [7, 11) is 1.56. The molecule has 1 unspecified atom stereocenters. The van der Waals surface area contributed by atoms with Crippen LogP contribution in [0.25, 0.3) is 11.3 Å². The Bertz CT molecular complexity index is 1580. The Morgan fingerprint density at radius 2 is 1.71 bits per heavy atom. The Labute approximate surface area is 251 Å². The van der Waals surface area contributed by atoms with Crippen LogP contribution in [0.4, 0.5) is 0 Å². The molecule has 1 atom stereocenters. The summed E-state index contributed by atoms with van der Waals surface area (Å²) in [6.07, 6.45) is 0.503. The molecule has 0 saturated carbocycles. The van der Waals surface area contributed by atoms with Gasteiger partial charge in [0, 0.05) is 30.6 Å². The van der Waals surface area contributed by atoms with Crippen molar-refractivity contribution in [3.63, 3.8) is 0 Å². The topological polar surface area (TPSA) is 107 Å². The Morgan fingerprint density at radius 1 is 1.00 bits per heavy atom. The highest BCUT2D eigenvalue weighted by Crippen LogP contribution is 2.28. The highest BCUT2D eigenvalue weighted by atomic mass is 35.5. The number of benzene rings is 3. The minimum Gasteiger partial charge on any atom is -0.460 e. The van der Waals surface area contributed by atoms with Crippen molar-refractivity contribution in [2.24, 2.45) is 0 Å². The summed E-state index contributed by atoms with van der Waals surface area (Å²) in [5, 5.41) is 18.5. The van der Waals surface area contributed by atoms with Gasteiger partial charge < -0.3 is 20.4 Å². The van der Waals surface area contributed by atoms with Gasteiger partial charge in [-0.05, 0) is 80.8 Å². The third-order valence-electron chi connectivity index (χ3n) is 7.25. The predicted octanol–water partition coefficient (Wildman–Crippen LogP) is 6.28. The lowest BCUT2D eigenvalue weighted by molar-refractivity contribution is -0.121. The van der Waals surface area contributed by atoms with Gasteiger partial charge in [0.25, 0.3) is 5.91 Å². The number of rotatable bonds is 11. The largest absolute Gasteiger partial charge is 0.460 e. The number of carbonyl (C=O) groups is 2. The van der Waals surface area contributed by atoms with Crippen molar-refractivity contribution in [1.82, 2.24) is 16.0 Å². The van der Waals surface area contributed by atoms with Gasteiger partial charge in [0.2, 0.25) is 5.91 Å². The van der Waals surface area contributed by atoms with Crippen molar-refractivity contribution in [3.8, 4) is 17.4 Å². The smallest absolute Gasteiger partial charge is 0.253 e. The molecule has 0 aliphatic carbocycles. The van der Waals surface area contributed by atoms with Gasteiger partial charge in [0.15, 0.2) is 0 Å². The first-order valence-corrected chi connectivity index (χ1v) is 14.2. The summed E-state index contributed by atoms with van der Waals surface area (Å²) in [5.41, 5.74) is 4.58. The van der Waals surface area contributed by atoms with E-state index in [1.807, 2.05) is 30.3 Å². The highest BCUT2D eigenvalue weighted by Gasteiger charge is 2.22. The molecule has 216 valence electrons.